The first-order chi connectivity index (χ1) is 7.25. The van der Waals surface area contributed by atoms with Crippen molar-refractivity contribution in [1.82, 2.24) is 0 Å². The van der Waals surface area contributed by atoms with Gasteiger partial charge in [0.1, 0.15) is 11.9 Å². The van der Waals surface area contributed by atoms with Crippen LogP contribution in [0.3, 0.4) is 0 Å². The van der Waals surface area contributed by atoms with Crippen molar-refractivity contribution in [1.29, 1.82) is 0 Å². The molecule has 1 heterocycles. The molecule has 2 rings (SSSR count). The van der Waals surface area contributed by atoms with Crippen LogP contribution in [0.1, 0.15) is 12.8 Å². The monoisotopic (exact) mass is 271 g/mol. The number of anilines is 1. The van der Waals surface area contributed by atoms with Crippen molar-refractivity contribution in [3.05, 3.63) is 22.7 Å². The van der Waals surface area contributed by atoms with E-state index in [1.54, 1.807) is 0 Å². The molecular formula is C11H14BrNO2. The lowest BCUT2D eigenvalue weighted by Crippen LogP contribution is -2.28. The Kier molecular flexibility index (Phi) is 3.49. The van der Waals surface area contributed by atoms with Gasteiger partial charge in [-0.3, -0.25) is 0 Å². The molecule has 2 N–H and O–H groups in total. The van der Waals surface area contributed by atoms with Crippen LogP contribution in [-0.4, -0.2) is 19.3 Å². The van der Waals surface area contributed by atoms with Crippen molar-refractivity contribution >= 4 is 21.6 Å². The summed E-state index contributed by atoms with van der Waals surface area (Å²) in [6, 6.07) is 5.57. The molecule has 1 fully saturated rings. The Labute approximate surface area is 97.7 Å². The van der Waals surface area contributed by atoms with Gasteiger partial charge in [0.2, 0.25) is 0 Å². The number of hydrogen-bond acceptors (Lipinski definition) is 3. The Bertz CT molecular complexity index is 337. The minimum atomic E-state index is 0.150. The van der Waals surface area contributed by atoms with Crippen LogP contribution in [0, 0.1) is 0 Å². The quantitative estimate of drug-likeness (QED) is 0.841. The van der Waals surface area contributed by atoms with Crippen molar-refractivity contribution in [3.8, 4) is 5.75 Å². The summed E-state index contributed by atoms with van der Waals surface area (Å²) < 4.78 is 12.1. The highest BCUT2D eigenvalue weighted by Crippen LogP contribution is 2.29. The first-order valence-electron chi connectivity index (χ1n) is 5.05. The zero-order valence-corrected chi connectivity index (χ0v) is 10.00. The molecule has 4 heteroatoms. The number of nitrogen functional groups attached to an aromatic ring is 1. The summed E-state index contributed by atoms with van der Waals surface area (Å²) in [6.07, 6.45) is 2.25. The van der Waals surface area contributed by atoms with E-state index in [1.807, 2.05) is 18.2 Å². The molecule has 0 amide bonds. The van der Waals surface area contributed by atoms with Gasteiger partial charge in [-0.05, 0) is 40.9 Å². The molecular weight excluding hydrogens is 258 g/mol. The number of hydrogen-bond donors (Lipinski definition) is 1. The molecule has 0 bridgehead atoms. The number of rotatable bonds is 2. The van der Waals surface area contributed by atoms with E-state index in [4.69, 9.17) is 15.2 Å². The SMILES string of the molecule is Nc1ccc(Br)c(OC2CCCOC2)c1. The molecule has 1 aliphatic heterocycles. The third-order valence-electron chi connectivity index (χ3n) is 2.37. The van der Waals surface area contributed by atoms with E-state index in [1.165, 1.54) is 0 Å². The molecule has 0 aromatic heterocycles. The predicted molar refractivity (Wildman–Crippen MR) is 63.0 cm³/mol. The van der Waals surface area contributed by atoms with Crippen LogP contribution in [0.2, 0.25) is 0 Å². The summed E-state index contributed by atoms with van der Waals surface area (Å²) in [5.74, 6) is 0.797. The zero-order valence-electron chi connectivity index (χ0n) is 8.41. The van der Waals surface area contributed by atoms with Gasteiger partial charge in [0.25, 0.3) is 0 Å². The van der Waals surface area contributed by atoms with Crippen molar-refractivity contribution in [3.63, 3.8) is 0 Å². The molecule has 0 aliphatic carbocycles. The predicted octanol–water partition coefficient (Wildman–Crippen LogP) is 2.59. The standard InChI is InChI=1S/C11H14BrNO2/c12-10-4-3-8(13)6-11(10)15-9-2-1-5-14-7-9/h3-4,6,9H,1-2,5,7,13H2. The van der Waals surface area contributed by atoms with Gasteiger partial charge in [0, 0.05) is 18.4 Å². The first-order valence-corrected chi connectivity index (χ1v) is 5.84. The van der Waals surface area contributed by atoms with E-state index in [0.717, 1.165) is 29.7 Å². The molecule has 1 unspecified atom stereocenters. The molecule has 82 valence electrons. The van der Waals surface area contributed by atoms with E-state index < -0.39 is 0 Å². The van der Waals surface area contributed by atoms with Crippen LogP contribution in [0.5, 0.6) is 5.75 Å². The maximum Gasteiger partial charge on any atom is 0.136 e. The zero-order chi connectivity index (χ0) is 10.7. The highest BCUT2D eigenvalue weighted by atomic mass is 79.9. The molecule has 0 radical (unpaired) electrons. The lowest BCUT2D eigenvalue weighted by atomic mass is 10.2. The molecule has 1 aliphatic rings. The summed E-state index contributed by atoms with van der Waals surface area (Å²) in [4.78, 5) is 0. The number of nitrogens with two attached hydrogens (primary N) is 1. The minimum absolute atomic E-state index is 0.150. The second-order valence-corrected chi connectivity index (χ2v) is 4.50. The third kappa shape index (κ3) is 2.86. The van der Waals surface area contributed by atoms with E-state index in [-0.39, 0.29) is 6.10 Å². The Morgan fingerprint density at radius 1 is 1.47 bits per heavy atom. The molecule has 15 heavy (non-hydrogen) atoms. The maximum atomic E-state index is 5.82. The largest absolute Gasteiger partial charge is 0.487 e. The van der Waals surface area contributed by atoms with E-state index in [2.05, 4.69) is 15.9 Å². The third-order valence-corrected chi connectivity index (χ3v) is 3.02. The molecule has 0 spiro atoms. The van der Waals surface area contributed by atoms with Crippen LogP contribution in [-0.2, 0) is 4.74 Å². The van der Waals surface area contributed by atoms with Crippen LogP contribution in [0.4, 0.5) is 5.69 Å². The van der Waals surface area contributed by atoms with Crippen molar-refractivity contribution in [2.24, 2.45) is 0 Å². The fraction of sp³-hybridized carbons (Fsp3) is 0.455. The molecule has 1 saturated heterocycles. The maximum absolute atomic E-state index is 5.82. The second kappa shape index (κ2) is 4.86. The van der Waals surface area contributed by atoms with Gasteiger partial charge in [-0.25, -0.2) is 0 Å². The molecule has 3 nitrogen and oxygen atoms in total. The highest BCUT2D eigenvalue weighted by Gasteiger charge is 2.16. The van der Waals surface area contributed by atoms with Crippen molar-refractivity contribution < 1.29 is 9.47 Å². The summed E-state index contributed by atoms with van der Waals surface area (Å²) in [6.45, 7) is 1.51. The van der Waals surface area contributed by atoms with E-state index >= 15 is 0 Å². The topological polar surface area (TPSA) is 44.5 Å². The first kappa shape index (κ1) is 10.8. The lowest BCUT2D eigenvalue weighted by Gasteiger charge is -2.23. The Morgan fingerprint density at radius 3 is 3.07 bits per heavy atom. The van der Waals surface area contributed by atoms with Crippen molar-refractivity contribution in [2.75, 3.05) is 18.9 Å². The summed E-state index contributed by atoms with van der Waals surface area (Å²) in [5.41, 5.74) is 6.41. The van der Waals surface area contributed by atoms with E-state index in [9.17, 15) is 0 Å². The molecule has 1 aromatic rings. The Balaban J connectivity index is 2.05. The minimum Gasteiger partial charge on any atom is -0.487 e. The fourth-order valence-electron chi connectivity index (χ4n) is 1.59. The highest BCUT2D eigenvalue weighted by molar-refractivity contribution is 9.10. The Hall–Kier alpha value is -0.740. The van der Waals surface area contributed by atoms with Gasteiger partial charge >= 0.3 is 0 Å². The number of benzene rings is 1. The number of ether oxygens (including phenoxy) is 2. The average molecular weight is 272 g/mol. The van der Waals surface area contributed by atoms with E-state index in [0.29, 0.717) is 12.3 Å². The molecule has 1 aromatic carbocycles. The average Bonchev–Trinajstić information content (AvgIpc) is 2.25. The van der Waals surface area contributed by atoms with Crippen molar-refractivity contribution in [2.45, 2.75) is 18.9 Å². The van der Waals surface area contributed by atoms with Crippen LogP contribution in [0.15, 0.2) is 22.7 Å². The van der Waals surface area contributed by atoms with Crippen LogP contribution < -0.4 is 10.5 Å². The second-order valence-electron chi connectivity index (χ2n) is 3.65. The van der Waals surface area contributed by atoms with Crippen LogP contribution >= 0.6 is 15.9 Å². The number of halogens is 1. The lowest BCUT2D eigenvalue weighted by molar-refractivity contribution is 0.00714. The van der Waals surface area contributed by atoms with Gasteiger partial charge in [-0.1, -0.05) is 0 Å². The Morgan fingerprint density at radius 2 is 2.33 bits per heavy atom. The van der Waals surface area contributed by atoms with Gasteiger partial charge in [0.15, 0.2) is 0 Å². The molecule has 0 saturated carbocycles. The van der Waals surface area contributed by atoms with Gasteiger partial charge < -0.3 is 15.2 Å². The summed E-state index contributed by atoms with van der Waals surface area (Å²) in [5, 5.41) is 0. The summed E-state index contributed by atoms with van der Waals surface area (Å²) >= 11 is 3.44. The van der Waals surface area contributed by atoms with Gasteiger partial charge in [-0.15, -0.1) is 0 Å². The van der Waals surface area contributed by atoms with Gasteiger partial charge in [-0.2, -0.15) is 0 Å². The molecule has 1 atom stereocenters. The smallest absolute Gasteiger partial charge is 0.136 e. The van der Waals surface area contributed by atoms with Crippen LogP contribution in [0.25, 0.3) is 0 Å². The van der Waals surface area contributed by atoms with Gasteiger partial charge in [0.05, 0.1) is 11.1 Å². The fourth-order valence-corrected chi connectivity index (χ4v) is 1.93. The normalized spacial score (nSPS) is 21.3. The summed E-state index contributed by atoms with van der Waals surface area (Å²) in [7, 11) is 0.